The van der Waals surface area contributed by atoms with E-state index in [-0.39, 0.29) is 5.56 Å². The first-order valence-electron chi connectivity index (χ1n) is 4.59. The van der Waals surface area contributed by atoms with Gasteiger partial charge in [-0.25, -0.2) is 4.98 Å². The van der Waals surface area contributed by atoms with Crippen LogP contribution < -0.4 is 11.3 Å². The van der Waals surface area contributed by atoms with Crippen molar-refractivity contribution in [3.05, 3.63) is 28.3 Å². The number of hydrogen-bond donors (Lipinski definition) is 2. The van der Waals surface area contributed by atoms with Gasteiger partial charge in [-0.2, -0.15) is 5.10 Å². The van der Waals surface area contributed by atoms with Gasteiger partial charge in [0.2, 0.25) is 0 Å². The first kappa shape index (κ1) is 10.7. The van der Waals surface area contributed by atoms with Crippen LogP contribution in [0.4, 0.5) is 5.69 Å². The highest BCUT2D eigenvalue weighted by atomic mass is 32.2. The molecule has 2 heterocycles. The Morgan fingerprint density at radius 2 is 2.31 bits per heavy atom. The highest BCUT2D eigenvalue weighted by molar-refractivity contribution is 7.99. The molecule has 0 aliphatic rings. The molecule has 7 heteroatoms. The first-order chi connectivity index (χ1) is 7.54. The average molecular weight is 237 g/mol. The average Bonchev–Trinajstić information content (AvgIpc) is 2.43. The maximum Gasteiger partial charge on any atom is 0.251 e. The van der Waals surface area contributed by atoms with Gasteiger partial charge >= 0.3 is 0 Å². The van der Waals surface area contributed by atoms with Crippen LogP contribution in [0.2, 0.25) is 0 Å². The fourth-order valence-electron chi connectivity index (χ4n) is 1.26. The summed E-state index contributed by atoms with van der Waals surface area (Å²) in [6.07, 6.45) is 1.70. The zero-order valence-electron chi connectivity index (χ0n) is 8.89. The van der Waals surface area contributed by atoms with Gasteiger partial charge in [0.05, 0.1) is 5.69 Å². The Labute approximate surface area is 95.9 Å². The molecule has 0 amide bonds. The van der Waals surface area contributed by atoms with Gasteiger partial charge in [0.25, 0.3) is 5.56 Å². The molecule has 0 spiro atoms. The summed E-state index contributed by atoms with van der Waals surface area (Å²) in [4.78, 5) is 18.0. The van der Waals surface area contributed by atoms with E-state index in [0.29, 0.717) is 21.6 Å². The van der Waals surface area contributed by atoms with Gasteiger partial charge in [-0.1, -0.05) is 0 Å². The lowest BCUT2D eigenvalue weighted by Crippen LogP contribution is -2.08. The molecule has 0 saturated heterocycles. The number of H-pyrrole nitrogens is 1. The van der Waals surface area contributed by atoms with Crippen molar-refractivity contribution >= 4 is 17.4 Å². The molecule has 0 aliphatic carbocycles. The molecule has 84 valence electrons. The molecule has 0 saturated carbocycles. The van der Waals surface area contributed by atoms with Crippen molar-refractivity contribution < 1.29 is 0 Å². The molecule has 16 heavy (non-hydrogen) atoms. The molecule has 2 rings (SSSR count). The van der Waals surface area contributed by atoms with E-state index in [4.69, 9.17) is 5.73 Å². The Morgan fingerprint density at radius 1 is 1.56 bits per heavy atom. The summed E-state index contributed by atoms with van der Waals surface area (Å²) in [6, 6.07) is 1.44. The summed E-state index contributed by atoms with van der Waals surface area (Å²) >= 11 is 1.24. The number of nitrogen functional groups attached to an aromatic ring is 1. The van der Waals surface area contributed by atoms with Gasteiger partial charge in [0.15, 0.2) is 5.16 Å². The highest BCUT2D eigenvalue weighted by Crippen LogP contribution is 2.27. The zero-order chi connectivity index (χ0) is 11.7. The maximum atomic E-state index is 11.2. The van der Waals surface area contributed by atoms with Crippen LogP contribution in [0.25, 0.3) is 0 Å². The fourth-order valence-corrected chi connectivity index (χ4v) is 2.12. The maximum absolute atomic E-state index is 11.2. The molecule has 2 aromatic heterocycles. The zero-order valence-corrected chi connectivity index (χ0v) is 9.71. The second-order valence-corrected chi connectivity index (χ2v) is 4.33. The van der Waals surface area contributed by atoms with Gasteiger partial charge < -0.3 is 10.7 Å². The lowest BCUT2D eigenvalue weighted by molar-refractivity contribution is 0.737. The van der Waals surface area contributed by atoms with E-state index >= 15 is 0 Å². The van der Waals surface area contributed by atoms with E-state index in [9.17, 15) is 4.79 Å². The second-order valence-electron chi connectivity index (χ2n) is 3.36. The molecule has 0 aliphatic heterocycles. The molecule has 3 N–H and O–H groups in total. The predicted octanol–water partition coefficient (Wildman–Crippen LogP) is 0.545. The summed E-state index contributed by atoms with van der Waals surface area (Å²) in [5, 5.41) is 5.29. The minimum Gasteiger partial charge on any atom is -0.395 e. The number of aryl methyl sites for hydroxylation is 2. The summed E-state index contributed by atoms with van der Waals surface area (Å²) in [5.41, 5.74) is 6.80. The molecule has 0 unspecified atom stereocenters. The number of anilines is 1. The van der Waals surface area contributed by atoms with Crippen LogP contribution in [0, 0.1) is 6.92 Å². The van der Waals surface area contributed by atoms with E-state index in [1.165, 1.54) is 17.8 Å². The van der Waals surface area contributed by atoms with Crippen LogP contribution in [0.1, 0.15) is 5.69 Å². The Morgan fingerprint density at radius 3 is 2.88 bits per heavy atom. The summed E-state index contributed by atoms with van der Waals surface area (Å²) in [7, 11) is 1.78. The fraction of sp³-hybridized carbons (Fsp3) is 0.222. The molecule has 6 nitrogen and oxygen atoms in total. The van der Waals surface area contributed by atoms with Crippen molar-refractivity contribution in [2.75, 3.05) is 5.73 Å². The number of rotatable bonds is 2. The minimum absolute atomic E-state index is 0.176. The largest absolute Gasteiger partial charge is 0.395 e. The van der Waals surface area contributed by atoms with Crippen LogP contribution in [0.15, 0.2) is 27.2 Å². The number of nitrogens with one attached hydrogen (secondary N) is 1. The molecule has 0 radical (unpaired) electrons. The van der Waals surface area contributed by atoms with Crippen LogP contribution in [0.3, 0.4) is 0 Å². The van der Waals surface area contributed by atoms with E-state index in [0.717, 1.165) is 0 Å². The lowest BCUT2D eigenvalue weighted by atomic mass is 10.5. The highest BCUT2D eigenvalue weighted by Gasteiger charge is 2.08. The van der Waals surface area contributed by atoms with Crippen molar-refractivity contribution in [3.63, 3.8) is 0 Å². The number of nitrogens with two attached hydrogens (primary N) is 1. The molecule has 0 bridgehead atoms. The first-order valence-corrected chi connectivity index (χ1v) is 5.41. The standard InChI is InChI=1S/C9H11N5OS/c1-5-3-7(15)12-9(11-5)16-8-6(10)4-14(2)13-8/h3-4H,10H2,1-2H3,(H,11,12,15). The van der Waals surface area contributed by atoms with E-state index in [1.54, 1.807) is 24.9 Å². The molecular formula is C9H11N5OS. The second kappa shape index (κ2) is 4.01. The monoisotopic (exact) mass is 237 g/mol. The van der Waals surface area contributed by atoms with Crippen LogP contribution in [-0.2, 0) is 7.05 Å². The van der Waals surface area contributed by atoms with Crippen LogP contribution >= 0.6 is 11.8 Å². The Hall–Kier alpha value is -1.76. The smallest absolute Gasteiger partial charge is 0.251 e. The lowest BCUT2D eigenvalue weighted by Gasteiger charge is -1.98. The van der Waals surface area contributed by atoms with Gasteiger partial charge in [-0.15, -0.1) is 0 Å². The number of hydrogen-bond acceptors (Lipinski definition) is 5. The predicted molar refractivity (Wildman–Crippen MR) is 61.3 cm³/mol. The third-order valence-electron chi connectivity index (χ3n) is 1.86. The van der Waals surface area contributed by atoms with Gasteiger partial charge in [-0.05, 0) is 18.7 Å². The summed E-state index contributed by atoms with van der Waals surface area (Å²) in [5.74, 6) is 0. The van der Waals surface area contributed by atoms with Gasteiger partial charge in [-0.3, -0.25) is 9.48 Å². The summed E-state index contributed by atoms with van der Waals surface area (Å²) in [6.45, 7) is 1.76. The minimum atomic E-state index is -0.176. The van der Waals surface area contributed by atoms with Crippen molar-refractivity contribution in [1.29, 1.82) is 0 Å². The van der Waals surface area contributed by atoms with Crippen molar-refractivity contribution in [3.8, 4) is 0 Å². The van der Waals surface area contributed by atoms with Gasteiger partial charge in [0.1, 0.15) is 5.03 Å². The third kappa shape index (κ3) is 2.25. The molecular weight excluding hydrogens is 226 g/mol. The van der Waals surface area contributed by atoms with Crippen molar-refractivity contribution in [1.82, 2.24) is 19.7 Å². The van der Waals surface area contributed by atoms with Gasteiger partial charge in [0, 0.05) is 25.0 Å². The van der Waals surface area contributed by atoms with E-state index < -0.39 is 0 Å². The normalized spacial score (nSPS) is 10.6. The quantitative estimate of drug-likeness (QED) is 0.744. The molecule has 2 aromatic rings. The number of aromatic nitrogens is 4. The van der Waals surface area contributed by atoms with Crippen molar-refractivity contribution in [2.45, 2.75) is 17.1 Å². The Kier molecular flexibility index (Phi) is 2.69. The molecule has 0 fully saturated rings. The number of aromatic amines is 1. The summed E-state index contributed by atoms with van der Waals surface area (Å²) < 4.78 is 1.62. The molecule has 0 atom stereocenters. The Balaban J connectivity index is 2.33. The van der Waals surface area contributed by atoms with E-state index in [1.807, 2.05) is 0 Å². The van der Waals surface area contributed by atoms with Crippen LogP contribution in [-0.4, -0.2) is 19.7 Å². The number of nitrogens with zero attached hydrogens (tertiary/aromatic N) is 3. The third-order valence-corrected chi connectivity index (χ3v) is 2.76. The topological polar surface area (TPSA) is 89.6 Å². The van der Waals surface area contributed by atoms with Crippen LogP contribution in [0.5, 0.6) is 0 Å². The SMILES string of the molecule is Cc1cc(=O)[nH]c(Sc2nn(C)cc2N)n1. The van der Waals surface area contributed by atoms with E-state index in [2.05, 4.69) is 15.1 Å². The van der Waals surface area contributed by atoms with Crippen molar-refractivity contribution in [2.24, 2.45) is 7.05 Å². The molecule has 0 aromatic carbocycles. The Bertz CT molecular complexity index is 574.